The summed E-state index contributed by atoms with van der Waals surface area (Å²) in [7, 11) is 0. The highest BCUT2D eigenvalue weighted by Crippen LogP contribution is 2.42. The molecule has 9 N–H and O–H groups in total. The van der Waals surface area contributed by atoms with Gasteiger partial charge in [0.2, 0.25) is 11.7 Å². The van der Waals surface area contributed by atoms with E-state index < -0.39 is 79.9 Å². The van der Waals surface area contributed by atoms with Gasteiger partial charge in [-0.3, -0.25) is 4.79 Å². The van der Waals surface area contributed by atoms with Gasteiger partial charge in [-0.15, -0.1) is 0 Å². The summed E-state index contributed by atoms with van der Waals surface area (Å²) >= 11 is 0. The number of benzene rings is 2. The van der Waals surface area contributed by atoms with Crippen LogP contribution in [0.3, 0.4) is 0 Å². The molecule has 14 nitrogen and oxygen atoms in total. The summed E-state index contributed by atoms with van der Waals surface area (Å²) in [4.78, 5) is 13.5. The number of aromatic hydroxyl groups is 1. The highest BCUT2D eigenvalue weighted by Gasteiger charge is 2.48. The van der Waals surface area contributed by atoms with Crippen molar-refractivity contribution in [3.05, 3.63) is 58.4 Å². The van der Waals surface area contributed by atoms with Crippen molar-refractivity contribution in [1.29, 1.82) is 0 Å². The average Bonchev–Trinajstić information content (AvgIpc) is 2.97. The van der Waals surface area contributed by atoms with Gasteiger partial charge in [-0.25, -0.2) is 0 Å². The molecular weight excluding hydrogens is 548 g/mol. The third kappa shape index (κ3) is 5.19. The summed E-state index contributed by atoms with van der Waals surface area (Å²) in [5.74, 6) is -0.231. The standard InChI is InChI=1S/C27H30O14/c28-7-15-19(32)21(34)23(36)26(39-15)17-14(40-27-24(37)22(35)20(33)16(8-29)41-27)6-5-12-18(31)13(9-38-25(12)17)10-1-3-11(30)4-2-10/h1-6,9,15-16,19-24,26-30,32-37H,7-8H2/t15-,16-,19-,20-,21+,22+,23-,24-,26+,27+/m1/s1. The molecule has 0 spiro atoms. The molecule has 2 aliphatic rings. The first kappa shape index (κ1) is 29.3. The predicted molar refractivity (Wildman–Crippen MR) is 137 cm³/mol. The van der Waals surface area contributed by atoms with Crippen LogP contribution in [0.1, 0.15) is 11.7 Å². The van der Waals surface area contributed by atoms with Crippen LogP contribution in [-0.4, -0.2) is 114 Å². The van der Waals surface area contributed by atoms with Crippen molar-refractivity contribution in [2.75, 3.05) is 13.2 Å². The minimum Gasteiger partial charge on any atom is -0.508 e. The fraction of sp³-hybridized carbons (Fsp3) is 0.444. The Kier molecular flexibility index (Phi) is 8.31. The van der Waals surface area contributed by atoms with Gasteiger partial charge >= 0.3 is 0 Å². The molecule has 222 valence electrons. The zero-order chi connectivity index (χ0) is 29.6. The number of aliphatic hydroxyl groups excluding tert-OH is 8. The quantitative estimate of drug-likeness (QED) is 0.152. The highest BCUT2D eigenvalue weighted by atomic mass is 16.7. The van der Waals surface area contributed by atoms with Crippen LogP contribution in [0.4, 0.5) is 0 Å². The molecule has 0 amide bonds. The fourth-order valence-electron chi connectivity index (χ4n) is 5.05. The van der Waals surface area contributed by atoms with E-state index in [1.54, 1.807) is 0 Å². The smallest absolute Gasteiger partial charge is 0.229 e. The molecule has 3 aromatic rings. The Hall–Kier alpha value is -3.15. The van der Waals surface area contributed by atoms with Gasteiger partial charge in [0, 0.05) is 0 Å². The Morgan fingerprint density at radius 2 is 1.34 bits per heavy atom. The zero-order valence-electron chi connectivity index (χ0n) is 21.3. The van der Waals surface area contributed by atoms with Crippen molar-refractivity contribution in [2.45, 2.75) is 61.2 Å². The van der Waals surface area contributed by atoms with Gasteiger partial charge in [0.1, 0.15) is 78.3 Å². The van der Waals surface area contributed by atoms with Gasteiger partial charge < -0.3 is 64.6 Å². The monoisotopic (exact) mass is 578 g/mol. The summed E-state index contributed by atoms with van der Waals surface area (Å²) in [5, 5.41) is 91.3. The lowest BCUT2D eigenvalue weighted by Gasteiger charge is -2.42. The summed E-state index contributed by atoms with van der Waals surface area (Å²) in [6.45, 7) is -1.47. The van der Waals surface area contributed by atoms with Gasteiger partial charge in [0.05, 0.1) is 29.7 Å². The maximum Gasteiger partial charge on any atom is 0.229 e. The normalized spacial score (nSPS) is 34.0. The van der Waals surface area contributed by atoms with Gasteiger partial charge in [-0.05, 0) is 29.8 Å². The van der Waals surface area contributed by atoms with E-state index in [2.05, 4.69) is 0 Å². The largest absolute Gasteiger partial charge is 0.508 e. The van der Waals surface area contributed by atoms with E-state index in [9.17, 15) is 50.8 Å². The second-order valence-corrected chi connectivity index (χ2v) is 9.94. The van der Waals surface area contributed by atoms with E-state index in [1.807, 2.05) is 0 Å². The molecule has 0 aliphatic carbocycles. The molecule has 10 atom stereocenters. The molecule has 2 fully saturated rings. The van der Waals surface area contributed by atoms with E-state index in [0.29, 0.717) is 5.56 Å². The maximum absolute atomic E-state index is 13.5. The van der Waals surface area contributed by atoms with Crippen molar-refractivity contribution in [2.24, 2.45) is 0 Å². The first-order valence-electron chi connectivity index (χ1n) is 12.7. The molecule has 2 aliphatic heterocycles. The summed E-state index contributed by atoms with van der Waals surface area (Å²) in [5.41, 5.74) is -0.314. The van der Waals surface area contributed by atoms with Gasteiger partial charge in [0.25, 0.3) is 0 Å². The van der Waals surface area contributed by atoms with Crippen LogP contribution in [0, 0.1) is 0 Å². The van der Waals surface area contributed by atoms with E-state index in [-0.39, 0.29) is 33.6 Å². The maximum atomic E-state index is 13.5. The number of phenols is 1. The molecule has 0 bridgehead atoms. The van der Waals surface area contributed by atoms with Gasteiger partial charge in [-0.1, -0.05) is 12.1 Å². The van der Waals surface area contributed by atoms with Crippen molar-refractivity contribution < 1.29 is 64.6 Å². The minimum absolute atomic E-state index is 0.0150. The molecule has 14 heteroatoms. The van der Waals surface area contributed by atoms with E-state index >= 15 is 0 Å². The molecule has 2 aromatic carbocycles. The van der Waals surface area contributed by atoms with Crippen LogP contribution in [0.15, 0.2) is 51.9 Å². The molecule has 41 heavy (non-hydrogen) atoms. The Bertz CT molecular complexity index is 1420. The third-order valence-electron chi connectivity index (χ3n) is 7.39. The number of hydrogen-bond acceptors (Lipinski definition) is 14. The summed E-state index contributed by atoms with van der Waals surface area (Å²) in [6.07, 6.45) is -15.3. The number of phenolic OH excluding ortho intramolecular Hbond substituents is 1. The van der Waals surface area contributed by atoms with Gasteiger partial charge in [0.15, 0.2) is 0 Å². The molecule has 0 radical (unpaired) electrons. The lowest BCUT2D eigenvalue weighted by atomic mass is 9.89. The van der Waals surface area contributed by atoms with E-state index in [4.69, 9.17) is 18.6 Å². The molecule has 3 heterocycles. The van der Waals surface area contributed by atoms with Gasteiger partial charge in [-0.2, -0.15) is 0 Å². The number of fused-ring (bicyclic) bond motifs is 1. The van der Waals surface area contributed by atoms with Crippen molar-refractivity contribution in [1.82, 2.24) is 0 Å². The summed E-state index contributed by atoms with van der Waals surface area (Å²) in [6, 6.07) is 8.35. The van der Waals surface area contributed by atoms with E-state index in [0.717, 1.165) is 6.26 Å². The predicted octanol–water partition coefficient (Wildman–Crippen LogP) is -2.14. The number of aliphatic hydroxyl groups is 8. The lowest BCUT2D eigenvalue weighted by molar-refractivity contribution is -0.278. The van der Waals surface area contributed by atoms with Crippen LogP contribution < -0.4 is 10.2 Å². The second-order valence-electron chi connectivity index (χ2n) is 9.94. The first-order chi connectivity index (χ1) is 19.6. The topological polar surface area (TPSA) is 240 Å². The first-order valence-corrected chi connectivity index (χ1v) is 12.7. The second kappa shape index (κ2) is 11.6. The van der Waals surface area contributed by atoms with Crippen LogP contribution in [-0.2, 0) is 9.47 Å². The highest BCUT2D eigenvalue weighted by molar-refractivity contribution is 5.86. The number of hydrogen-bond donors (Lipinski definition) is 9. The zero-order valence-corrected chi connectivity index (χ0v) is 21.3. The third-order valence-corrected chi connectivity index (χ3v) is 7.39. The molecule has 0 unspecified atom stereocenters. The van der Waals surface area contributed by atoms with Crippen molar-refractivity contribution in [3.63, 3.8) is 0 Å². The molecule has 5 rings (SSSR count). The Morgan fingerprint density at radius 3 is 1.98 bits per heavy atom. The van der Waals surface area contributed by atoms with E-state index in [1.165, 1.54) is 36.4 Å². The van der Waals surface area contributed by atoms with Crippen molar-refractivity contribution >= 4 is 11.0 Å². The lowest BCUT2D eigenvalue weighted by Crippen LogP contribution is -2.60. The molecular formula is C27H30O14. The minimum atomic E-state index is -1.82. The van der Waals surface area contributed by atoms with Crippen LogP contribution in [0.2, 0.25) is 0 Å². The molecule has 2 saturated heterocycles. The van der Waals surface area contributed by atoms with Crippen LogP contribution >= 0.6 is 0 Å². The Labute approximate surface area is 231 Å². The summed E-state index contributed by atoms with van der Waals surface area (Å²) < 4.78 is 22.8. The molecule has 1 aromatic heterocycles. The molecule has 0 saturated carbocycles. The Morgan fingerprint density at radius 1 is 0.732 bits per heavy atom. The van der Waals surface area contributed by atoms with Crippen molar-refractivity contribution in [3.8, 4) is 22.6 Å². The van der Waals surface area contributed by atoms with Crippen LogP contribution in [0.25, 0.3) is 22.1 Å². The Balaban J connectivity index is 1.65. The number of rotatable bonds is 6. The van der Waals surface area contributed by atoms with Crippen LogP contribution in [0.5, 0.6) is 11.5 Å². The SMILES string of the molecule is O=c1c(-c2ccc(O)cc2)coc2c([C@@H]3O[C@H](CO)[C@@H](O)[C@H](O)[C@H]3O)c(O[C@H]3O[C@H](CO)[C@@H](O)[C@H](O)[C@H]3O)ccc12. The fourth-order valence-corrected chi connectivity index (χ4v) is 5.05. The average molecular weight is 579 g/mol. The number of ether oxygens (including phenoxy) is 3.